The summed E-state index contributed by atoms with van der Waals surface area (Å²) in [6.07, 6.45) is 8.24. The first-order valence-corrected chi connectivity index (χ1v) is 15.6. The fourth-order valence-electron chi connectivity index (χ4n) is 5.49. The average Bonchev–Trinajstić information content (AvgIpc) is 3.00. The van der Waals surface area contributed by atoms with E-state index in [1.807, 2.05) is 41.3 Å². The van der Waals surface area contributed by atoms with Gasteiger partial charge in [-0.25, -0.2) is 4.79 Å². The van der Waals surface area contributed by atoms with Crippen molar-refractivity contribution in [3.8, 4) is 0 Å². The third kappa shape index (κ3) is 11.6. The van der Waals surface area contributed by atoms with Crippen molar-refractivity contribution in [2.75, 3.05) is 19.6 Å². The molecule has 1 aliphatic heterocycles. The Balaban J connectivity index is 1.49. The van der Waals surface area contributed by atoms with Crippen molar-refractivity contribution in [1.29, 1.82) is 0 Å². The van der Waals surface area contributed by atoms with Crippen molar-refractivity contribution in [1.82, 2.24) is 15.5 Å². The Hall–Kier alpha value is -3.35. The minimum absolute atomic E-state index is 0.0468. The maximum absolute atomic E-state index is 13.6. The van der Waals surface area contributed by atoms with Gasteiger partial charge in [-0.1, -0.05) is 87.4 Å². The summed E-state index contributed by atoms with van der Waals surface area (Å²) >= 11 is 0. The van der Waals surface area contributed by atoms with Crippen molar-refractivity contribution in [3.05, 3.63) is 71.8 Å². The average molecular weight is 564 g/mol. The van der Waals surface area contributed by atoms with Crippen LogP contribution in [0.3, 0.4) is 0 Å². The number of piperidine rings is 1. The molecule has 7 nitrogen and oxygen atoms in total. The minimum atomic E-state index is -0.646. The van der Waals surface area contributed by atoms with Crippen LogP contribution in [0.15, 0.2) is 60.7 Å². The molecule has 1 aliphatic rings. The Morgan fingerprint density at radius 1 is 0.878 bits per heavy atom. The summed E-state index contributed by atoms with van der Waals surface area (Å²) in [5.41, 5.74) is 2.23. The Bertz CT molecular complexity index is 1040. The number of ether oxygens (including phenoxy) is 1. The van der Waals surface area contributed by atoms with Gasteiger partial charge in [0, 0.05) is 25.6 Å². The van der Waals surface area contributed by atoms with Crippen LogP contribution in [0.1, 0.15) is 82.8 Å². The lowest BCUT2D eigenvalue weighted by atomic mass is 9.90. The van der Waals surface area contributed by atoms with E-state index in [1.54, 1.807) is 0 Å². The fraction of sp³-hybridized carbons (Fsp3) is 0.559. The SMILES string of the molecule is CCCC[C@@H](CC)C(=O)NCCCC[C@@H](NC(=O)OCc1ccccc1)C(=O)N1CCC(Cc2ccccc2)CC1. The molecular weight excluding hydrogens is 514 g/mol. The van der Waals surface area contributed by atoms with Crippen LogP contribution in [0.2, 0.25) is 0 Å². The van der Waals surface area contributed by atoms with Gasteiger partial charge < -0.3 is 20.3 Å². The minimum Gasteiger partial charge on any atom is -0.445 e. The Kier molecular flexibility index (Phi) is 14.2. The zero-order valence-corrected chi connectivity index (χ0v) is 25.0. The van der Waals surface area contributed by atoms with Crippen LogP contribution >= 0.6 is 0 Å². The molecule has 2 atom stereocenters. The van der Waals surface area contributed by atoms with Gasteiger partial charge in [0.15, 0.2) is 0 Å². The molecule has 1 saturated heterocycles. The number of hydrogen-bond acceptors (Lipinski definition) is 4. The largest absolute Gasteiger partial charge is 0.445 e. The number of alkyl carbamates (subject to hydrolysis) is 1. The van der Waals surface area contributed by atoms with E-state index in [2.05, 4.69) is 48.7 Å². The van der Waals surface area contributed by atoms with Gasteiger partial charge in [0.1, 0.15) is 12.6 Å². The van der Waals surface area contributed by atoms with Crippen LogP contribution in [-0.2, 0) is 27.4 Å². The van der Waals surface area contributed by atoms with Crippen LogP contribution < -0.4 is 10.6 Å². The summed E-state index contributed by atoms with van der Waals surface area (Å²) in [6, 6.07) is 19.4. The molecule has 1 fully saturated rings. The van der Waals surface area contributed by atoms with Crippen LogP contribution in [0, 0.1) is 11.8 Å². The molecule has 2 aromatic rings. The highest BCUT2D eigenvalue weighted by Gasteiger charge is 2.29. The van der Waals surface area contributed by atoms with Crippen LogP contribution in [0.5, 0.6) is 0 Å². The molecular formula is C34H49N3O4. The lowest BCUT2D eigenvalue weighted by molar-refractivity contribution is -0.135. The van der Waals surface area contributed by atoms with E-state index < -0.39 is 12.1 Å². The zero-order chi connectivity index (χ0) is 29.3. The third-order valence-corrected chi connectivity index (χ3v) is 8.08. The molecule has 7 heteroatoms. The Morgan fingerprint density at radius 3 is 2.17 bits per heavy atom. The van der Waals surface area contributed by atoms with E-state index in [4.69, 9.17) is 4.74 Å². The van der Waals surface area contributed by atoms with E-state index in [1.165, 1.54) is 5.56 Å². The molecule has 3 amide bonds. The number of likely N-dealkylation sites (tertiary alicyclic amines) is 1. The van der Waals surface area contributed by atoms with Crippen LogP contribution in [0.25, 0.3) is 0 Å². The predicted octanol–water partition coefficient (Wildman–Crippen LogP) is 6.27. The molecule has 0 unspecified atom stereocenters. The summed E-state index contributed by atoms with van der Waals surface area (Å²) in [4.78, 5) is 40.7. The number of nitrogens with one attached hydrogen (secondary N) is 2. The highest BCUT2D eigenvalue weighted by atomic mass is 16.5. The summed E-state index contributed by atoms with van der Waals surface area (Å²) < 4.78 is 5.43. The Morgan fingerprint density at radius 2 is 1.54 bits per heavy atom. The molecule has 0 spiro atoms. The smallest absolute Gasteiger partial charge is 0.408 e. The number of benzene rings is 2. The number of rotatable bonds is 16. The molecule has 0 aromatic heterocycles. The lowest BCUT2D eigenvalue weighted by Gasteiger charge is -2.34. The standard InChI is InChI=1S/C34H49N3O4/c1-3-5-18-30(4-2)32(38)35-22-13-12-19-31(36-34(40)41-26-29-16-10-7-11-17-29)33(39)37-23-20-28(21-24-37)25-27-14-8-6-9-15-27/h6-11,14-17,28,30-31H,3-5,12-13,18-26H2,1-2H3,(H,35,38)(H,36,40)/t30-,31-/m1/s1. The van der Waals surface area contributed by atoms with Gasteiger partial charge in [-0.2, -0.15) is 0 Å². The van der Waals surface area contributed by atoms with Gasteiger partial charge in [-0.05, 0) is 68.4 Å². The van der Waals surface area contributed by atoms with Crippen LogP contribution in [0.4, 0.5) is 4.79 Å². The molecule has 0 bridgehead atoms. The number of unbranched alkanes of at least 4 members (excludes halogenated alkanes) is 2. The van der Waals surface area contributed by atoms with Gasteiger partial charge in [-0.15, -0.1) is 0 Å². The zero-order valence-electron chi connectivity index (χ0n) is 25.0. The molecule has 2 N–H and O–H groups in total. The maximum atomic E-state index is 13.6. The lowest BCUT2D eigenvalue weighted by Crippen LogP contribution is -2.51. The van der Waals surface area contributed by atoms with Crippen molar-refractivity contribution in [2.45, 2.75) is 90.7 Å². The maximum Gasteiger partial charge on any atom is 0.408 e. The summed E-state index contributed by atoms with van der Waals surface area (Å²) in [7, 11) is 0. The first-order chi connectivity index (χ1) is 20.0. The second-order valence-electron chi connectivity index (χ2n) is 11.3. The molecule has 0 aliphatic carbocycles. The van der Waals surface area contributed by atoms with Crippen molar-refractivity contribution in [2.24, 2.45) is 11.8 Å². The van der Waals surface area contributed by atoms with Gasteiger partial charge in [0.25, 0.3) is 0 Å². The summed E-state index contributed by atoms with van der Waals surface area (Å²) in [5, 5.41) is 5.91. The first-order valence-electron chi connectivity index (χ1n) is 15.6. The quantitative estimate of drug-likeness (QED) is 0.236. The fourth-order valence-corrected chi connectivity index (χ4v) is 5.49. The van der Waals surface area contributed by atoms with Gasteiger partial charge >= 0.3 is 6.09 Å². The molecule has 224 valence electrons. The highest BCUT2D eigenvalue weighted by molar-refractivity contribution is 5.85. The molecule has 3 rings (SSSR count). The topological polar surface area (TPSA) is 87.7 Å². The normalized spacial score (nSPS) is 15.1. The second-order valence-corrected chi connectivity index (χ2v) is 11.3. The van der Waals surface area contributed by atoms with Crippen LogP contribution in [-0.4, -0.2) is 48.5 Å². The predicted molar refractivity (Wildman–Crippen MR) is 163 cm³/mol. The number of nitrogens with zero attached hydrogens (tertiary/aromatic N) is 1. The van der Waals surface area contributed by atoms with Crippen molar-refractivity contribution >= 4 is 17.9 Å². The molecule has 1 heterocycles. The van der Waals surface area contributed by atoms with E-state index in [-0.39, 0.29) is 24.3 Å². The number of amides is 3. The van der Waals surface area contributed by atoms with E-state index in [0.29, 0.717) is 38.4 Å². The van der Waals surface area contributed by atoms with Gasteiger partial charge in [0.2, 0.25) is 11.8 Å². The number of carbonyl (C=O) groups is 3. The number of hydrogen-bond donors (Lipinski definition) is 2. The first kappa shape index (κ1) is 32.2. The molecule has 2 aromatic carbocycles. The van der Waals surface area contributed by atoms with E-state index in [9.17, 15) is 14.4 Å². The van der Waals surface area contributed by atoms with E-state index >= 15 is 0 Å². The summed E-state index contributed by atoms with van der Waals surface area (Å²) in [5.74, 6) is 0.691. The van der Waals surface area contributed by atoms with E-state index in [0.717, 1.165) is 56.9 Å². The monoisotopic (exact) mass is 563 g/mol. The van der Waals surface area contributed by atoms with Gasteiger partial charge in [0.05, 0.1) is 0 Å². The Labute approximate surface area is 246 Å². The summed E-state index contributed by atoms with van der Waals surface area (Å²) in [6.45, 7) is 6.32. The van der Waals surface area contributed by atoms with Crippen molar-refractivity contribution in [3.63, 3.8) is 0 Å². The molecule has 41 heavy (non-hydrogen) atoms. The third-order valence-electron chi connectivity index (χ3n) is 8.08. The molecule has 0 radical (unpaired) electrons. The second kappa shape index (κ2) is 18.2. The number of carbonyl (C=O) groups excluding carboxylic acids is 3. The van der Waals surface area contributed by atoms with Crippen molar-refractivity contribution < 1.29 is 19.1 Å². The highest BCUT2D eigenvalue weighted by Crippen LogP contribution is 2.23. The molecule has 0 saturated carbocycles. The van der Waals surface area contributed by atoms with Gasteiger partial charge in [-0.3, -0.25) is 9.59 Å².